The van der Waals surface area contributed by atoms with Crippen LogP contribution in [0.3, 0.4) is 0 Å². The number of ketones is 1. The lowest BCUT2D eigenvalue weighted by Crippen LogP contribution is -2.55. The molecule has 5 rings (SSSR count). The molecule has 45 heavy (non-hydrogen) atoms. The third kappa shape index (κ3) is 5.85. The smallest absolute Gasteiger partial charge is 0.246 e. The summed E-state index contributed by atoms with van der Waals surface area (Å²) in [6.07, 6.45) is 4.10. The zero-order chi connectivity index (χ0) is 32.5. The summed E-state index contributed by atoms with van der Waals surface area (Å²) in [6, 6.07) is 12.2. The number of aliphatic imine (C=N–C) groups is 1. The van der Waals surface area contributed by atoms with Crippen LogP contribution >= 0.6 is 0 Å². The van der Waals surface area contributed by atoms with E-state index in [2.05, 4.69) is 16.0 Å². The van der Waals surface area contributed by atoms with Crippen LogP contribution in [0.1, 0.15) is 18.1 Å². The number of pyridine rings is 1. The predicted molar refractivity (Wildman–Crippen MR) is 161 cm³/mol. The normalized spacial score (nSPS) is 20.6. The number of carbonyl (C=O) groups is 2. The number of nitrogens with two attached hydrogens (primary N) is 1. The fourth-order valence-corrected chi connectivity index (χ4v) is 6.29. The molecule has 1 aromatic heterocycles. The summed E-state index contributed by atoms with van der Waals surface area (Å²) in [5.41, 5.74) is -0.746. The minimum absolute atomic E-state index is 0.159. The van der Waals surface area contributed by atoms with Crippen LogP contribution in [0.2, 0.25) is 0 Å². The van der Waals surface area contributed by atoms with Gasteiger partial charge in [-0.15, -0.1) is 0 Å². The first-order valence-corrected chi connectivity index (χ1v) is 15.3. The van der Waals surface area contributed by atoms with E-state index in [1.807, 2.05) is 12.1 Å². The van der Waals surface area contributed by atoms with Gasteiger partial charge < -0.3 is 14.5 Å². The molecule has 1 fully saturated rings. The topological polar surface area (TPSA) is 159 Å². The number of methoxy groups -OCH3 is 1. The molecule has 0 aliphatic carbocycles. The van der Waals surface area contributed by atoms with Crippen molar-refractivity contribution < 1.29 is 31.5 Å². The average molecular weight is 635 g/mol. The molecule has 0 bridgehead atoms. The van der Waals surface area contributed by atoms with Crippen molar-refractivity contribution in [2.24, 2.45) is 10.1 Å². The number of piperazine rings is 1. The molecule has 2 aliphatic heterocycles. The fourth-order valence-electron chi connectivity index (χ4n) is 5.68. The van der Waals surface area contributed by atoms with Crippen LogP contribution in [0.4, 0.5) is 8.78 Å². The minimum atomic E-state index is -4.67. The number of amides is 1. The number of dihydropyridines is 1. The van der Waals surface area contributed by atoms with Gasteiger partial charge in [-0.3, -0.25) is 19.6 Å². The summed E-state index contributed by atoms with van der Waals surface area (Å²) in [5.74, 6) is -3.29. The lowest BCUT2D eigenvalue weighted by molar-refractivity contribution is -0.127. The monoisotopic (exact) mass is 634 g/mol. The summed E-state index contributed by atoms with van der Waals surface area (Å²) in [4.78, 5) is 35.2. The van der Waals surface area contributed by atoms with Crippen molar-refractivity contribution in [2.45, 2.75) is 23.5 Å². The van der Waals surface area contributed by atoms with Crippen LogP contribution in [-0.4, -0.2) is 80.6 Å². The van der Waals surface area contributed by atoms with E-state index >= 15 is 4.39 Å². The third-order valence-corrected chi connectivity index (χ3v) is 8.70. The Labute approximate surface area is 258 Å². The molecule has 2 aliphatic rings. The van der Waals surface area contributed by atoms with Crippen molar-refractivity contribution in [1.29, 1.82) is 5.26 Å². The number of hydrogen-bond donors (Lipinski definition) is 1. The molecular weight excluding hydrogens is 606 g/mol. The molecule has 11 nitrogen and oxygen atoms in total. The molecule has 3 heterocycles. The number of rotatable bonds is 7. The first-order chi connectivity index (χ1) is 21.4. The van der Waals surface area contributed by atoms with Crippen LogP contribution in [0.15, 0.2) is 76.4 Å². The number of benzene rings is 2. The number of fused-ring (bicyclic) bond motifs is 1. The van der Waals surface area contributed by atoms with Gasteiger partial charge in [0.2, 0.25) is 15.9 Å². The van der Waals surface area contributed by atoms with Gasteiger partial charge in [-0.1, -0.05) is 12.1 Å². The molecule has 3 aromatic rings. The molecule has 0 radical (unpaired) electrons. The number of hydrogen-bond acceptors (Lipinski definition) is 9. The molecule has 0 spiro atoms. The molecule has 0 saturated carbocycles. The molecule has 2 unspecified atom stereocenters. The van der Waals surface area contributed by atoms with Crippen molar-refractivity contribution in [2.75, 3.05) is 33.3 Å². The predicted octanol–water partition coefficient (Wildman–Crippen LogP) is 2.68. The van der Waals surface area contributed by atoms with E-state index in [0.717, 1.165) is 5.39 Å². The lowest BCUT2D eigenvalue weighted by atomic mass is 9.72. The second-order valence-corrected chi connectivity index (χ2v) is 12.1. The Balaban J connectivity index is 1.75. The Hall–Kier alpha value is -4.84. The SMILES string of the molecule is COC1N=CC(c2ccc3ncccc3c2)=C(N2CCN(C(=O)C=CC(C)=O)CC2)C1(C#N)c1cc(S(N)(=O)=O)c(F)cc1F. The second-order valence-electron chi connectivity index (χ2n) is 10.5. The highest BCUT2D eigenvalue weighted by atomic mass is 32.2. The number of ether oxygens (including phenoxy) is 1. The van der Waals surface area contributed by atoms with E-state index in [1.165, 1.54) is 37.3 Å². The quantitative estimate of drug-likeness (QED) is 0.389. The number of primary sulfonamides is 1. The van der Waals surface area contributed by atoms with Crippen LogP contribution in [0, 0.1) is 23.0 Å². The van der Waals surface area contributed by atoms with Gasteiger partial charge in [-0.25, -0.2) is 22.3 Å². The highest BCUT2D eigenvalue weighted by molar-refractivity contribution is 7.89. The molecule has 1 saturated heterocycles. The van der Waals surface area contributed by atoms with E-state index in [-0.39, 0.29) is 43.6 Å². The fraction of sp³-hybridized carbons (Fsp3) is 0.258. The number of sulfonamides is 1. The summed E-state index contributed by atoms with van der Waals surface area (Å²) >= 11 is 0. The van der Waals surface area contributed by atoms with Crippen molar-refractivity contribution in [1.82, 2.24) is 14.8 Å². The molecule has 2 atom stereocenters. The largest absolute Gasteiger partial charge is 0.369 e. The molecule has 1 amide bonds. The minimum Gasteiger partial charge on any atom is -0.369 e. The van der Waals surface area contributed by atoms with Crippen molar-refractivity contribution >= 4 is 44.4 Å². The van der Waals surface area contributed by atoms with Crippen LogP contribution in [0.5, 0.6) is 0 Å². The molecule has 2 aromatic carbocycles. The molecule has 14 heteroatoms. The zero-order valence-electron chi connectivity index (χ0n) is 24.3. The Bertz CT molecular complexity index is 1950. The van der Waals surface area contributed by atoms with E-state index in [1.54, 1.807) is 29.3 Å². The van der Waals surface area contributed by atoms with Crippen LogP contribution in [0.25, 0.3) is 16.5 Å². The van der Waals surface area contributed by atoms with Crippen LogP contribution < -0.4 is 5.14 Å². The van der Waals surface area contributed by atoms with Gasteiger partial charge in [-0.05, 0) is 42.8 Å². The van der Waals surface area contributed by atoms with Gasteiger partial charge in [0.15, 0.2) is 17.4 Å². The highest BCUT2D eigenvalue weighted by Gasteiger charge is 2.53. The Morgan fingerprint density at radius 2 is 1.84 bits per heavy atom. The first kappa shape index (κ1) is 31.6. The van der Waals surface area contributed by atoms with Gasteiger partial charge in [0, 0.05) is 74.4 Å². The molecule has 2 N–H and O–H groups in total. The molecular formula is C31H28F2N6O5S. The number of carbonyl (C=O) groups excluding carboxylic acids is 2. The van der Waals surface area contributed by atoms with E-state index in [0.29, 0.717) is 28.8 Å². The number of aromatic nitrogens is 1. The van der Waals surface area contributed by atoms with E-state index in [4.69, 9.17) is 9.88 Å². The standard InChI is InChI=1S/C31H28F2N6O5S/c1-19(40)5-8-28(41)38-10-12-39(13-11-38)29-22(20-6-7-26-21(14-20)4-3-9-36-26)17-37-30(44-2)31(29,18-34)23-15-27(45(35,42)43)25(33)16-24(23)32/h3-9,14-17,30H,10-13H2,1-2H3,(H2,35,42,43). The summed E-state index contributed by atoms with van der Waals surface area (Å²) in [7, 11) is -3.41. The van der Waals surface area contributed by atoms with E-state index < -0.39 is 43.8 Å². The van der Waals surface area contributed by atoms with Crippen molar-refractivity contribution in [3.8, 4) is 6.07 Å². The van der Waals surface area contributed by atoms with Gasteiger partial charge >= 0.3 is 0 Å². The highest BCUT2D eigenvalue weighted by Crippen LogP contribution is 2.47. The Morgan fingerprint density at radius 1 is 1.11 bits per heavy atom. The summed E-state index contributed by atoms with van der Waals surface area (Å²) in [6.45, 7) is 1.99. The van der Waals surface area contributed by atoms with Crippen molar-refractivity contribution in [3.05, 3.63) is 89.3 Å². The molecule has 232 valence electrons. The maximum Gasteiger partial charge on any atom is 0.246 e. The maximum absolute atomic E-state index is 15.9. The number of nitrogens with zero attached hydrogens (tertiary/aromatic N) is 5. The second kappa shape index (κ2) is 12.3. The average Bonchev–Trinajstić information content (AvgIpc) is 3.02. The van der Waals surface area contributed by atoms with Crippen molar-refractivity contribution in [3.63, 3.8) is 0 Å². The van der Waals surface area contributed by atoms with Gasteiger partial charge in [-0.2, -0.15) is 5.26 Å². The lowest BCUT2D eigenvalue weighted by Gasteiger charge is -2.46. The van der Waals surface area contributed by atoms with Gasteiger partial charge in [0.25, 0.3) is 0 Å². The number of halogens is 2. The first-order valence-electron chi connectivity index (χ1n) is 13.7. The number of nitriles is 1. The van der Waals surface area contributed by atoms with E-state index in [9.17, 15) is 27.7 Å². The summed E-state index contributed by atoms with van der Waals surface area (Å²) < 4.78 is 60.8. The van der Waals surface area contributed by atoms with Gasteiger partial charge in [0.05, 0.1) is 17.3 Å². The summed E-state index contributed by atoms with van der Waals surface area (Å²) in [5, 5.41) is 17.0. The maximum atomic E-state index is 15.9. The Morgan fingerprint density at radius 3 is 2.49 bits per heavy atom. The van der Waals surface area contributed by atoms with Crippen LogP contribution in [-0.2, 0) is 29.8 Å². The third-order valence-electron chi connectivity index (χ3n) is 7.77. The Kier molecular flexibility index (Phi) is 8.61. The zero-order valence-corrected chi connectivity index (χ0v) is 25.1. The van der Waals surface area contributed by atoms with Gasteiger partial charge in [0.1, 0.15) is 16.5 Å². The number of allylic oxidation sites excluding steroid dienone is 2.